The first-order valence-corrected chi connectivity index (χ1v) is 6.24. The summed E-state index contributed by atoms with van der Waals surface area (Å²) in [7, 11) is 0. The fourth-order valence-corrected chi connectivity index (χ4v) is 2.42. The molecule has 0 aliphatic heterocycles. The van der Waals surface area contributed by atoms with Gasteiger partial charge in [-0.1, -0.05) is 68.2 Å². The molecule has 0 amide bonds. The van der Waals surface area contributed by atoms with E-state index in [0.29, 0.717) is 5.33 Å². The zero-order chi connectivity index (χ0) is 10.9. The summed E-state index contributed by atoms with van der Waals surface area (Å²) in [4.78, 5) is 10.7. The summed E-state index contributed by atoms with van der Waals surface area (Å²) in [5.74, 6) is -1.01. The molecule has 0 aromatic carbocycles. The first kappa shape index (κ1) is 13.7. The zero-order valence-electron chi connectivity index (χ0n) is 7.40. The van der Waals surface area contributed by atoms with Crippen molar-refractivity contribution in [3.8, 4) is 0 Å². The van der Waals surface area contributed by atoms with Crippen LogP contribution in [0.4, 0.5) is 0 Å². The Hall–Kier alpha value is 0.650. The predicted octanol–water partition coefficient (Wildman–Crippen LogP) is 3.53. The molecule has 0 saturated heterocycles. The van der Waals surface area contributed by atoms with Crippen molar-refractivity contribution in [3.05, 3.63) is 12.2 Å². The monoisotopic (exact) mass is 376 g/mol. The van der Waals surface area contributed by atoms with E-state index in [1.54, 1.807) is 0 Å². The molecule has 0 saturated carbocycles. The molecule has 0 aliphatic carbocycles. The maximum atomic E-state index is 10.7. The summed E-state index contributed by atoms with van der Waals surface area (Å²) in [5, 5.41) is 9.46. The third kappa shape index (κ3) is 2.80. The van der Waals surface area contributed by atoms with Crippen molar-refractivity contribution in [2.75, 3.05) is 5.33 Å². The molecule has 0 bridgehead atoms. The number of aliphatic carboxylic acids is 1. The molecule has 0 aromatic heterocycles. The van der Waals surface area contributed by atoms with Crippen molar-refractivity contribution in [1.82, 2.24) is 0 Å². The van der Waals surface area contributed by atoms with Gasteiger partial charge in [0.2, 0.25) is 0 Å². The van der Waals surface area contributed by atoms with Crippen LogP contribution in [0.1, 0.15) is 13.8 Å². The number of carboxylic acid groups (broad SMARTS) is 1. The third-order valence-corrected chi connectivity index (χ3v) is 6.33. The van der Waals surface area contributed by atoms with Gasteiger partial charge in [0.25, 0.3) is 0 Å². The molecule has 0 unspecified atom stereocenters. The number of carbonyl (C=O) groups is 1. The lowest BCUT2D eigenvalue weighted by atomic mass is 9.88. The van der Waals surface area contributed by atoms with E-state index < -0.39 is 9.20 Å². The van der Waals surface area contributed by atoms with Crippen LogP contribution in [0.2, 0.25) is 0 Å². The molecule has 13 heavy (non-hydrogen) atoms. The van der Waals surface area contributed by atoms with Crippen LogP contribution in [0.15, 0.2) is 12.2 Å². The predicted molar refractivity (Wildman–Crippen MR) is 64.9 cm³/mol. The smallest absolute Gasteiger partial charge is 0.333 e. The van der Waals surface area contributed by atoms with E-state index in [2.05, 4.69) is 54.4 Å². The lowest BCUT2D eigenvalue weighted by molar-refractivity contribution is -0.133. The molecule has 0 aromatic rings. The second-order valence-electron chi connectivity index (χ2n) is 3.38. The molecule has 0 aliphatic rings. The second kappa shape index (κ2) is 4.45. The maximum absolute atomic E-state index is 10.7. The van der Waals surface area contributed by atoms with Crippen LogP contribution in [0.5, 0.6) is 0 Å². The molecule has 0 radical (unpaired) electrons. The number of rotatable bonds is 4. The van der Waals surface area contributed by atoms with Crippen molar-refractivity contribution < 1.29 is 9.90 Å². The molecule has 0 rings (SSSR count). The Morgan fingerprint density at radius 2 is 1.85 bits per heavy atom. The Bertz CT molecular complexity index is 234. The quantitative estimate of drug-likeness (QED) is 0.600. The van der Waals surface area contributed by atoms with Crippen LogP contribution in [0.3, 0.4) is 0 Å². The highest BCUT2D eigenvalue weighted by molar-refractivity contribution is 9.25. The normalized spacial score (nSPS) is 12.7. The summed E-state index contributed by atoms with van der Waals surface area (Å²) in [5.41, 5.74) is -0.195. The van der Waals surface area contributed by atoms with Gasteiger partial charge in [0.15, 0.2) is 0 Å². The van der Waals surface area contributed by atoms with Gasteiger partial charge < -0.3 is 5.11 Å². The topological polar surface area (TPSA) is 37.3 Å². The van der Waals surface area contributed by atoms with E-state index in [1.807, 2.05) is 13.8 Å². The van der Waals surface area contributed by atoms with E-state index in [0.717, 1.165) is 0 Å². The lowest BCUT2D eigenvalue weighted by Crippen LogP contribution is -2.38. The van der Waals surface area contributed by atoms with Crippen molar-refractivity contribution >= 4 is 53.8 Å². The minimum absolute atomic E-state index is 0.0944. The van der Waals surface area contributed by atoms with E-state index in [4.69, 9.17) is 5.11 Å². The van der Waals surface area contributed by atoms with Gasteiger partial charge in [0, 0.05) is 10.7 Å². The summed E-state index contributed by atoms with van der Waals surface area (Å²) in [6.07, 6.45) is 0. The zero-order valence-corrected chi connectivity index (χ0v) is 12.2. The van der Waals surface area contributed by atoms with Gasteiger partial charge in [-0.3, -0.25) is 0 Å². The summed E-state index contributed by atoms with van der Waals surface area (Å²) >= 11 is 10.0. The van der Waals surface area contributed by atoms with Crippen molar-refractivity contribution in [3.63, 3.8) is 0 Å². The van der Waals surface area contributed by atoms with E-state index in [1.165, 1.54) is 0 Å². The summed E-state index contributed by atoms with van der Waals surface area (Å²) < 4.78 is -0.789. The van der Waals surface area contributed by atoms with Gasteiger partial charge in [0.1, 0.15) is 3.23 Å². The Kier molecular flexibility index (Phi) is 4.67. The van der Waals surface area contributed by atoms with Crippen LogP contribution in [-0.2, 0) is 4.79 Å². The molecule has 0 fully saturated rings. The van der Waals surface area contributed by atoms with Crippen LogP contribution in [0.25, 0.3) is 0 Å². The standard InChI is InChI=1S/C8H11Br3O2/c1-5(6(12)13)8(10,11)7(2,3)4-9/h1,4H2,2-3H3,(H,12,13). The van der Waals surface area contributed by atoms with Crippen molar-refractivity contribution in [2.24, 2.45) is 5.41 Å². The summed E-state index contributed by atoms with van der Waals surface area (Å²) in [6, 6.07) is 0. The van der Waals surface area contributed by atoms with Gasteiger partial charge in [-0.05, 0) is 0 Å². The van der Waals surface area contributed by atoms with E-state index in [9.17, 15) is 4.79 Å². The molecule has 0 spiro atoms. The number of hydrogen-bond acceptors (Lipinski definition) is 1. The highest BCUT2D eigenvalue weighted by Gasteiger charge is 2.44. The van der Waals surface area contributed by atoms with Gasteiger partial charge >= 0.3 is 5.97 Å². The fourth-order valence-electron chi connectivity index (χ4n) is 0.627. The highest BCUT2D eigenvalue weighted by atomic mass is 79.9. The number of carboxylic acids is 1. The van der Waals surface area contributed by atoms with Crippen molar-refractivity contribution in [2.45, 2.75) is 17.1 Å². The average Bonchev–Trinajstić information content (AvgIpc) is 2.02. The molecular weight excluding hydrogens is 368 g/mol. The second-order valence-corrected chi connectivity index (χ2v) is 7.38. The van der Waals surface area contributed by atoms with Gasteiger partial charge in [-0.2, -0.15) is 0 Å². The van der Waals surface area contributed by atoms with Crippen LogP contribution < -0.4 is 0 Å². The average molecular weight is 379 g/mol. The first-order chi connectivity index (χ1) is 5.66. The Balaban J connectivity index is 4.96. The highest BCUT2D eigenvalue weighted by Crippen LogP contribution is 2.49. The lowest BCUT2D eigenvalue weighted by Gasteiger charge is -2.36. The molecular formula is C8H11Br3O2. The molecule has 5 heteroatoms. The van der Waals surface area contributed by atoms with Gasteiger partial charge in [0.05, 0.1) is 5.57 Å². The van der Waals surface area contributed by atoms with Crippen LogP contribution >= 0.6 is 47.8 Å². The largest absolute Gasteiger partial charge is 0.478 e. The summed E-state index contributed by atoms with van der Waals surface area (Å²) in [6.45, 7) is 7.39. The van der Waals surface area contributed by atoms with Crippen LogP contribution in [-0.4, -0.2) is 19.6 Å². The van der Waals surface area contributed by atoms with E-state index in [-0.39, 0.29) is 11.0 Å². The fraction of sp³-hybridized carbons (Fsp3) is 0.625. The van der Waals surface area contributed by atoms with Crippen molar-refractivity contribution in [1.29, 1.82) is 0 Å². The van der Waals surface area contributed by atoms with Gasteiger partial charge in [-0.25, -0.2) is 4.79 Å². The minimum Gasteiger partial charge on any atom is -0.478 e. The molecule has 0 atom stereocenters. The number of halogens is 3. The third-order valence-electron chi connectivity index (χ3n) is 1.82. The molecule has 0 heterocycles. The van der Waals surface area contributed by atoms with Crippen LogP contribution in [0, 0.1) is 5.41 Å². The number of hydrogen-bond donors (Lipinski definition) is 1. The Morgan fingerprint density at radius 1 is 1.46 bits per heavy atom. The maximum Gasteiger partial charge on any atom is 0.333 e. The molecule has 2 nitrogen and oxygen atoms in total. The first-order valence-electron chi connectivity index (χ1n) is 3.53. The Morgan fingerprint density at radius 3 is 2.08 bits per heavy atom. The van der Waals surface area contributed by atoms with E-state index >= 15 is 0 Å². The Labute approximate surface area is 103 Å². The van der Waals surface area contributed by atoms with Gasteiger partial charge in [-0.15, -0.1) is 0 Å². The molecule has 1 N–H and O–H groups in total. The minimum atomic E-state index is -1.01. The number of alkyl halides is 3. The SMILES string of the molecule is C=C(C(=O)O)C(Br)(Br)C(C)(C)CBr. The molecule has 76 valence electrons.